The van der Waals surface area contributed by atoms with Crippen LogP contribution in [0.4, 0.5) is 4.79 Å². The average molecular weight is 582 g/mol. The minimum atomic E-state index is -0.418. The molecule has 2 heterocycles. The number of carbonyl (C=O) groups is 1. The summed E-state index contributed by atoms with van der Waals surface area (Å²) in [5.74, 6) is 1.87. The van der Waals surface area contributed by atoms with Gasteiger partial charge in [-0.1, -0.05) is 47.5 Å². The van der Waals surface area contributed by atoms with Crippen LogP contribution < -0.4 is 14.8 Å². The van der Waals surface area contributed by atoms with Gasteiger partial charge in [0.05, 0.1) is 24.3 Å². The lowest BCUT2D eigenvalue weighted by molar-refractivity contribution is 0.157. The van der Waals surface area contributed by atoms with Crippen molar-refractivity contribution in [3.63, 3.8) is 0 Å². The van der Waals surface area contributed by atoms with Crippen LogP contribution in [-0.2, 0) is 0 Å². The first-order chi connectivity index (χ1) is 19.4. The van der Waals surface area contributed by atoms with Crippen LogP contribution in [0.3, 0.4) is 0 Å². The van der Waals surface area contributed by atoms with Crippen LogP contribution in [0.1, 0.15) is 49.5 Å². The van der Waals surface area contributed by atoms with Crippen LogP contribution >= 0.6 is 23.2 Å². The van der Waals surface area contributed by atoms with Gasteiger partial charge in [0.15, 0.2) is 0 Å². The van der Waals surface area contributed by atoms with E-state index in [0.717, 1.165) is 24.2 Å². The fourth-order valence-electron chi connectivity index (χ4n) is 5.16. The molecular weight excluding hydrogens is 547 g/mol. The first-order valence-corrected chi connectivity index (χ1v) is 14.4. The van der Waals surface area contributed by atoms with Crippen LogP contribution in [0.15, 0.2) is 71.7 Å². The number of halogens is 2. The Morgan fingerprint density at radius 2 is 1.60 bits per heavy atom. The van der Waals surface area contributed by atoms with E-state index in [9.17, 15) is 4.79 Å². The number of carbonyl (C=O) groups excluding carboxylic acids is 1. The lowest BCUT2D eigenvalue weighted by atomic mass is 9.93. The Kier molecular flexibility index (Phi) is 8.84. The van der Waals surface area contributed by atoms with Crippen LogP contribution in [-0.4, -0.2) is 60.6 Å². The molecule has 0 radical (unpaired) electrons. The number of urea groups is 1. The molecule has 2 aliphatic heterocycles. The Bertz CT molecular complexity index is 1360. The number of piperazine rings is 1. The molecule has 3 aromatic rings. The van der Waals surface area contributed by atoms with Gasteiger partial charge in [0.25, 0.3) is 0 Å². The highest BCUT2D eigenvalue weighted by Crippen LogP contribution is 2.46. The second kappa shape index (κ2) is 12.5. The third-order valence-electron chi connectivity index (χ3n) is 6.95. The highest BCUT2D eigenvalue weighted by atomic mass is 35.5. The van der Waals surface area contributed by atoms with E-state index in [-0.39, 0.29) is 18.2 Å². The summed E-state index contributed by atoms with van der Waals surface area (Å²) in [6, 6.07) is 20.1. The Labute approximate surface area is 245 Å². The predicted molar refractivity (Wildman–Crippen MR) is 160 cm³/mol. The maximum Gasteiger partial charge on any atom is 0.326 e. The largest absolute Gasteiger partial charge is 0.494 e. The van der Waals surface area contributed by atoms with E-state index >= 15 is 0 Å². The monoisotopic (exact) mass is 580 g/mol. The van der Waals surface area contributed by atoms with Crippen molar-refractivity contribution < 1.29 is 14.3 Å². The van der Waals surface area contributed by atoms with E-state index in [4.69, 9.17) is 37.7 Å². The summed E-state index contributed by atoms with van der Waals surface area (Å²) in [6.07, 6.45) is -0.0739. The highest BCUT2D eigenvalue weighted by molar-refractivity contribution is 6.30. The van der Waals surface area contributed by atoms with E-state index in [1.54, 1.807) is 0 Å². The topological polar surface area (TPSA) is 66.4 Å². The molecule has 2 amide bonds. The molecule has 5 rings (SSSR count). The molecule has 40 heavy (non-hydrogen) atoms. The number of hydrogen-bond donors (Lipinski definition) is 1. The second-order valence-electron chi connectivity index (χ2n) is 10.1. The maximum atomic E-state index is 14.4. The molecule has 2 unspecified atom stereocenters. The quantitative estimate of drug-likeness (QED) is 0.335. The van der Waals surface area contributed by atoms with Crippen molar-refractivity contribution in [2.24, 2.45) is 4.99 Å². The summed E-state index contributed by atoms with van der Waals surface area (Å²) in [7, 11) is 0. The number of nitrogens with zero attached hydrogens (tertiary/aromatic N) is 3. The molecule has 2 atom stereocenters. The normalized spacial score (nSPS) is 19.1. The zero-order chi connectivity index (χ0) is 28.2. The molecule has 210 valence electrons. The van der Waals surface area contributed by atoms with E-state index in [0.29, 0.717) is 52.6 Å². The summed E-state index contributed by atoms with van der Waals surface area (Å²) in [6.45, 7) is 9.10. The molecule has 1 saturated heterocycles. The number of nitrogens with one attached hydrogen (secondary N) is 1. The third kappa shape index (κ3) is 6.07. The lowest BCUT2D eigenvalue weighted by Gasteiger charge is -2.36. The summed E-state index contributed by atoms with van der Waals surface area (Å²) in [5.41, 5.74) is 2.59. The third-order valence-corrected chi connectivity index (χ3v) is 7.45. The molecule has 9 heteroatoms. The molecule has 0 saturated carbocycles. The first kappa shape index (κ1) is 28.3. The maximum absolute atomic E-state index is 14.4. The number of aliphatic imine (C=N–C) groups is 1. The summed E-state index contributed by atoms with van der Waals surface area (Å²) >= 11 is 12.5. The molecule has 3 aromatic carbocycles. The van der Waals surface area contributed by atoms with Gasteiger partial charge >= 0.3 is 6.03 Å². The van der Waals surface area contributed by atoms with Gasteiger partial charge in [-0.15, -0.1) is 0 Å². The van der Waals surface area contributed by atoms with Gasteiger partial charge in [-0.05, 0) is 74.4 Å². The molecule has 0 spiro atoms. The van der Waals surface area contributed by atoms with Crippen molar-refractivity contribution in [3.05, 3.63) is 93.5 Å². The fraction of sp³-hybridized carbons (Fsp3) is 0.355. The molecule has 0 bridgehead atoms. The van der Waals surface area contributed by atoms with Crippen molar-refractivity contribution in [3.8, 4) is 11.5 Å². The van der Waals surface area contributed by atoms with Gasteiger partial charge in [0.2, 0.25) is 0 Å². The lowest BCUT2D eigenvalue weighted by Crippen LogP contribution is -2.53. The van der Waals surface area contributed by atoms with E-state index in [2.05, 4.69) is 5.32 Å². The fourth-order valence-corrected chi connectivity index (χ4v) is 5.41. The molecular formula is C31H34Cl2N4O3. The van der Waals surface area contributed by atoms with Crippen molar-refractivity contribution >= 4 is 35.1 Å². The number of rotatable bonds is 7. The Balaban J connectivity index is 1.71. The van der Waals surface area contributed by atoms with Gasteiger partial charge in [-0.3, -0.25) is 9.89 Å². The summed E-state index contributed by atoms with van der Waals surface area (Å²) in [5, 5.41) is 4.60. The SMILES string of the molecule is CCOc1ccc(OC(C)C)c(C2=NC(c3ccc(Cl)cc3)C(c3ccc(Cl)cc3)N2C(=O)N2CCNCC2)c1. The van der Waals surface area contributed by atoms with Gasteiger partial charge in [-0.25, -0.2) is 4.79 Å². The number of benzene rings is 3. The van der Waals surface area contributed by atoms with E-state index in [1.807, 2.05) is 97.3 Å². The summed E-state index contributed by atoms with van der Waals surface area (Å²) in [4.78, 5) is 23.4. The van der Waals surface area contributed by atoms with Crippen molar-refractivity contribution in [2.45, 2.75) is 39.0 Å². The second-order valence-corrected chi connectivity index (χ2v) is 11.0. The van der Waals surface area contributed by atoms with Gasteiger partial charge in [-0.2, -0.15) is 0 Å². The van der Waals surface area contributed by atoms with Crippen molar-refractivity contribution in [2.75, 3.05) is 32.8 Å². The zero-order valence-corrected chi connectivity index (χ0v) is 24.5. The molecule has 0 aliphatic carbocycles. The molecule has 1 N–H and O–H groups in total. The molecule has 1 fully saturated rings. The highest BCUT2D eigenvalue weighted by Gasteiger charge is 2.44. The standard InChI is InChI=1S/C31H34Cl2N4O3/c1-4-39-25-13-14-27(40-20(2)3)26(19-25)30-35-28(21-5-9-23(32)10-6-21)29(22-7-11-24(33)12-8-22)37(30)31(38)36-17-15-34-16-18-36/h5-14,19-20,28-29,34H,4,15-18H2,1-3H3. The van der Waals surface area contributed by atoms with Crippen molar-refractivity contribution in [1.29, 1.82) is 0 Å². The van der Waals surface area contributed by atoms with Crippen LogP contribution in [0.25, 0.3) is 0 Å². The molecule has 7 nitrogen and oxygen atoms in total. The van der Waals surface area contributed by atoms with Crippen LogP contribution in [0, 0.1) is 0 Å². The minimum Gasteiger partial charge on any atom is -0.494 e. The van der Waals surface area contributed by atoms with E-state index in [1.165, 1.54) is 0 Å². The Morgan fingerprint density at radius 1 is 0.975 bits per heavy atom. The summed E-state index contributed by atoms with van der Waals surface area (Å²) < 4.78 is 12.1. The molecule has 0 aromatic heterocycles. The van der Waals surface area contributed by atoms with Gasteiger partial charge < -0.3 is 19.7 Å². The Hall–Kier alpha value is -3.26. The number of ether oxygens (including phenoxy) is 2. The number of hydrogen-bond acceptors (Lipinski definition) is 5. The number of amidine groups is 1. The Morgan fingerprint density at radius 3 is 2.20 bits per heavy atom. The van der Waals surface area contributed by atoms with Crippen molar-refractivity contribution in [1.82, 2.24) is 15.1 Å². The van der Waals surface area contributed by atoms with E-state index < -0.39 is 6.04 Å². The van der Waals surface area contributed by atoms with Gasteiger partial charge in [0, 0.05) is 36.2 Å². The predicted octanol–water partition coefficient (Wildman–Crippen LogP) is 6.75. The van der Waals surface area contributed by atoms with Gasteiger partial charge in [0.1, 0.15) is 23.4 Å². The van der Waals surface area contributed by atoms with Crippen LogP contribution in [0.5, 0.6) is 11.5 Å². The number of amides is 2. The zero-order valence-electron chi connectivity index (χ0n) is 22.9. The van der Waals surface area contributed by atoms with Crippen LogP contribution in [0.2, 0.25) is 10.0 Å². The first-order valence-electron chi connectivity index (χ1n) is 13.7. The minimum absolute atomic E-state index is 0.0739. The average Bonchev–Trinajstić information content (AvgIpc) is 3.35. The molecule has 2 aliphatic rings. The smallest absolute Gasteiger partial charge is 0.326 e.